The van der Waals surface area contributed by atoms with Crippen LogP contribution in [-0.2, 0) is 4.74 Å². The summed E-state index contributed by atoms with van der Waals surface area (Å²) >= 11 is 0. The molecule has 0 bridgehead atoms. The minimum Gasteiger partial charge on any atom is -0.373 e. The van der Waals surface area contributed by atoms with E-state index in [-0.39, 0.29) is 12.2 Å². The predicted octanol–water partition coefficient (Wildman–Crippen LogP) is 2.10. The van der Waals surface area contributed by atoms with Gasteiger partial charge in [-0.05, 0) is 26.3 Å². The van der Waals surface area contributed by atoms with Gasteiger partial charge in [-0.25, -0.2) is 0 Å². The zero-order chi connectivity index (χ0) is 13.1. The lowest BCUT2D eigenvalue weighted by Crippen LogP contribution is -2.48. The van der Waals surface area contributed by atoms with E-state index in [1.54, 1.807) is 0 Å². The highest BCUT2D eigenvalue weighted by atomic mass is 16.5. The van der Waals surface area contributed by atoms with Gasteiger partial charge in [0.2, 0.25) is 0 Å². The fourth-order valence-electron chi connectivity index (χ4n) is 2.76. The summed E-state index contributed by atoms with van der Waals surface area (Å²) < 4.78 is 5.78. The molecule has 0 unspecified atom stereocenters. The van der Waals surface area contributed by atoms with E-state index in [0.717, 1.165) is 13.1 Å². The zero-order valence-corrected chi connectivity index (χ0v) is 11.6. The third kappa shape index (κ3) is 3.10. The topological polar surface area (TPSA) is 38.5 Å². The predicted molar refractivity (Wildman–Crippen MR) is 74.6 cm³/mol. The first kappa shape index (κ1) is 13.5. The molecule has 18 heavy (non-hydrogen) atoms. The van der Waals surface area contributed by atoms with Gasteiger partial charge in [0.15, 0.2) is 0 Å². The van der Waals surface area contributed by atoms with E-state index in [2.05, 4.69) is 49.9 Å². The number of aryl methyl sites for hydroxylation is 1. The van der Waals surface area contributed by atoms with Crippen LogP contribution in [0.5, 0.6) is 0 Å². The van der Waals surface area contributed by atoms with E-state index in [1.807, 2.05) is 0 Å². The Labute approximate surface area is 110 Å². The summed E-state index contributed by atoms with van der Waals surface area (Å²) in [5.74, 6) is 0. The minimum atomic E-state index is 0.285. The molecule has 0 aromatic heterocycles. The van der Waals surface area contributed by atoms with Crippen molar-refractivity contribution >= 4 is 0 Å². The van der Waals surface area contributed by atoms with Gasteiger partial charge in [-0.3, -0.25) is 4.90 Å². The van der Waals surface area contributed by atoms with Crippen LogP contribution >= 0.6 is 0 Å². The summed E-state index contributed by atoms with van der Waals surface area (Å²) in [5.41, 5.74) is 8.58. The van der Waals surface area contributed by atoms with Crippen molar-refractivity contribution in [3.8, 4) is 0 Å². The Hall–Kier alpha value is -0.900. The van der Waals surface area contributed by atoms with Crippen molar-refractivity contribution in [2.24, 2.45) is 5.73 Å². The molecule has 3 atom stereocenters. The average molecular weight is 248 g/mol. The number of benzene rings is 1. The van der Waals surface area contributed by atoms with Gasteiger partial charge in [-0.1, -0.05) is 29.8 Å². The number of morpholine rings is 1. The van der Waals surface area contributed by atoms with E-state index in [4.69, 9.17) is 10.5 Å². The van der Waals surface area contributed by atoms with Crippen molar-refractivity contribution in [3.63, 3.8) is 0 Å². The Morgan fingerprint density at radius 1 is 1.22 bits per heavy atom. The first-order valence-corrected chi connectivity index (χ1v) is 6.76. The summed E-state index contributed by atoms with van der Waals surface area (Å²) in [5, 5.41) is 0. The van der Waals surface area contributed by atoms with E-state index >= 15 is 0 Å². The molecule has 3 nitrogen and oxygen atoms in total. The second-order valence-corrected chi connectivity index (χ2v) is 5.37. The molecule has 0 aliphatic carbocycles. The molecule has 0 spiro atoms. The molecule has 0 radical (unpaired) electrons. The van der Waals surface area contributed by atoms with Crippen LogP contribution in [0.15, 0.2) is 24.3 Å². The standard InChI is InChI=1S/C15H24N2O/c1-11-4-6-14(7-5-11)15(8-16)17-9-12(2)18-13(3)10-17/h4-7,12-13,15H,8-10,16H2,1-3H3/t12-,13-,15+/m0/s1. The van der Waals surface area contributed by atoms with Gasteiger partial charge in [0.1, 0.15) is 0 Å². The zero-order valence-electron chi connectivity index (χ0n) is 11.6. The van der Waals surface area contributed by atoms with E-state index < -0.39 is 0 Å². The lowest BCUT2D eigenvalue weighted by atomic mass is 10.0. The maximum atomic E-state index is 5.98. The molecule has 2 rings (SSSR count). The lowest BCUT2D eigenvalue weighted by molar-refractivity contribution is -0.0799. The Bertz CT molecular complexity index is 367. The van der Waals surface area contributed by atoms with Gasteiger partial charge in [-0.15, -0.1) is 0 Å². The van der Waals surface area contributed by atoms with Crippen LogP contribution in [0.3, 0.4) is 0 Å². The quantitative estimate of drug-likeness (QED) is 0.890. The van der Waals surface area contributed by atoms with Crippen molar-refractivity contribution in [1.82, 2.24) is 4.90 Å². The van der Waals surface area contributed by atoms with Crippen LogP contribution in [0.4, 0.5) is 0 Å². The molecule has 1 aromatic carbocycles. The van der Waals surface area contributed by atoms with Gasteiger partial charge in [0.25, 0.3) is 0 Å². The van der Waals surface area contributed by atoms with Gasteiger partial charge in [-0.2, -0.15) is 0 Å². The fourth-order valence-corrected chi connectivity index (χ4v) is 2.76. The summed E-state index contributed by atoms with van der Waals surface area (Å²) in [6.07, 6.45) is 0.571. The SMILES string of the molecule is Cc1ccc([C@@H](CN)N2C[C@H](C)O[C@@H](C)C2)cc1. The highest BCUT2D eigenvalue weighted by Crippen LogP contribution is 2.24. The highest BCUT2D eigenvalue weighted by Gasteiger charge is 2.27. The second kappa shape index (κ2) is 5.83. The molecular formula is C15H24N2O. The van der Waals surface area contributed by atoms with Crippen LogP contribution in [-0.4, -0.2) is 36.7 Å². The average Bonchev–Trinajstić information content (AvgIpc) is 2.31. The molecule has 1 fully saturated rings. The van der Waals surface area contributed by atoms with Crippen molar-refractivity contribution in [2.45, 2.75) is 39.0 Å². The third-order valence-electron chi connectivity index (χ3n) is 3.57. The molecular weight excluding hydrogens is 224 g/mol. The van der Waals surface area contributed by atoms with Crippen molar-refractivity contribution in [1.29, 1.82) is 0 Å². The Morgan fingerprint density at radius 2 is 1.78 bits per heavy atom. The molecule has 2 N–H and O–H groups in total. The summed E-state index contributed by atoms with van der Waals surface area (Å²) in [6.45, 7) is 8.94. The first-order valence-electron chi connectivity index (χ1n) is 6.76. The number of ether oxygens (including phenoxy) is 1. The lowest BCUT2D eigenvalue weighted by Gasteiger charge is -2.40. The molecule has 0 amide bonds. The molecule has 0 saturated carbocycles. The normalized spacial score (nSPS) is 27.1. The van der Waals surface area contributed by atoms with Gasteiger partial charge < -0.3 is 10.5 Å². The Balaban J connectivity index is 2.14. The third-order valence-corrected chi connectivity index (χ3v) is 3.57. The summed E-state index contributed by atoms with van der Waals surface area (Å²) in [6, 6.07) is 9.01. The molecule has 1 aliphatic rings. The van der Waals surface area contributed by atoms with Crippen LogP contribution in [0.1, 0.15) is 31.0 Å². The maximum absolute atomic E-state index is 5.98. The van der Waals surface area contributed by atoms with Crippen LogP contribution in [0.2, 0.25) is 0 Å². The minimum absolute atomic E-state index is 0.285. The summed E-state index contributed by atoms with van der Waals surface area (Å²) in [7, 11) is 0. The van der Waals surface area contributed by atoms with E-state index in [9.17, 15) is 0 Å². The van der Waals surface area contributed by atoms with Gasteiger partial charge in [0, 0.05) is 25.7 Å². The largest absolute Gasteiger partial charge is 0.373 e. The number of nitrogens with two attached hydrogens (primary N) is 1. The molecule has 1 aromatic rings. The van der Waals surface area contributed by atoms with Crippen LogP contribution in [0, 0.1) is 6.92 Å². The maximum Gasteiger partial charge on any atom is 0.0678 e. The molecule has 3 heteroatoms. The van der Waals surface area contributed by atoms with Gasteiger partial charge in [0.05, 0.1) is 12.2 Å². The Morgan fingerprint density at radius 3 is 2.28 bits per heavy atom. The molecule has 1 heterocycles. The number of nitrogens with zero attached hydrogens (tertiary/aromatic N) is 1. The molecule has 1 saturated heterocycles. The van der Waals surface area contributed by atoms with Gasteiger partial charge >= 0.3 is 0 Å². The molecule has 100 valence electrons. The highest BCUT2D eigenvalue weighted by molar-refractivity contribution is 5.24. The number of hydrogen-bond acceptors (Lipinski definition) is 3. The van der Waals surface area contributed by atoms with Crippen molar-refractivity contribution in [3.05, 3.63) is 35.4 Å². The summed E-state index contributed by atoms with van der Waals surface area (Å²) in [4.78, 5) is 2.45. The first-order chi connectivity index (χ1) is 8.60. The van der Waals surface area contributed by atoms with E-state index in [1.165, 1.54) is 11.1 Å². The van der Waals surface area contributed by atoms with Crippen LogP contribution < -0.4 is 5.73 Å². The molecule has 1 aliphatic heterocycles. The van der Waals surface area contributed by atoms with E-state index in [0.29, 0.717) is 12.6 Å². The van der Waals surface area contributed by atoms with Crippen molar-refractivity contribution in [2.75, 3.05) is 19.6 Å². The second-order valence-electron chi connectivity index (χ2n) is 5.37. The fraction of sp³-hybridized carbons (Fsp3) is 0.600. The van der Waals surface area contributed by atoms with Crippen LogP contribution in [0.25, 0.3) is 0 Å². The van der Waals surface area contributed by atoms with Crippen molar-refractivity contribution < 1.29 is 4.74 Å². The monoisotopic (exact) mass is 248 g/mol. The number of rotatable bonds is 3. The smallest absolute Gasteiger partial charge is 0.0678 e. The number of hydrogen-bond donors (Lipinski definition) is 1. The Kier molecular flexibility index (Phi) is 4.38.